The maximum atomic E-state index is 10.6. The Morgan fingerprint density at radius 3 is 1.36 bits per heavy atom. The Balaban J connectivity index is 0. The molecule has 6 heteroatoms. The molecule has 0 aromatic heterocycles. The summed E-state index contributed by atoms with van der Waals surface area (Å²) < 4.78 is 29.8. The molecule has 0 saturated heterocycles. The van der Waals surface area contributed by atoms with Crippen molar-refractivity contribution in [2.45, 2.75) is 102 Å². The fraction of sp³-hybridized carbons (Fsp3) is 1.00. The molecule has 0 aliphatic carbocycles. The maximum Gasteiger partial charge on any atom is 1.00 e. The molecule has 0 rings (SSSR count). The maximum absolute atomic E-state index is 10.6. The van der Waals surface area contributed by atoms with Crippen LogP contribution in [0.25, 0.3) is 0 Å². The molecule has 2 N–H and O–H groups in total. The Kier molecular flexibility index (Phi) is 19.1. The van der Waals surface area contributed by atoms with Crippen LogP contribution in [-0.4, -0.2) is 23.5 Å². The zero-order chi connectivity index (χ0) is 16.0. The monoisotopic (exact) mass is 345 g/mol. The average molecular weight is 346 g/mol. The molecule has 0 radical (unpaired) electrons. The predicted octanol–water partition coefficient (Wildman–Crippen LogP) is 1.68. The summed E-state index contributed by atoms with van der Waals surface area (Å²) in [6.45, 7) is 2.24. The average Bonchev–Trinajstić information content (AvgIpc) is 2.42. The summed E-state index contributed by atoms with van der Waals surface area (Å²) in [6.07, 6.45) is 16.0. The van der Waals surface area contributed by atoms with Gasteiger partial charge in [-0.25, -0.2) is 0 Å². The number of aliphatic hydroxyl groups excluding tert-OH is 1. The number of hydrogen-bond acceptors (Lipinski definition) is 3. The van der Waals surface area contributed by atoms with Crippen LogP contribution in [0.5, 0.6) is 0 Å². The molecule has 128 valence electrons. The van der Waals surface area contributed by atoms with Crippen molar-refractivity contribution in [2.24, 2.45) is 0 Å². The van der Waals surface area contributed by atoms with E-state index in [1.807, 2.05) is 0 Å². The first-order valence-electron chi connectivity index (χ1n) is 8.63. The molecular weight excluding hydrogens is 311 g/mol. The first kappa shape index (κ1) is 25.1. The normalized spacial score (nSPS) is 12.9. The van der Waals surface area contributed by atoms with Gasteiger partial charge in [-0.1, -0.05) is 84.0 Å². The molecule has 1 atom stereocenters. The molecule has 0 aromatic carbocycles. The molecule has 0 spiro atoms. The third-order valence-corrected chi connectivity index (χ3v) is 4.82. The van der Waals surface area contributed by atoms with Crippen molar-refractivity contribution in [3.05, 3.63) is 0 Å². The van der Waals surface area contributed by atoms with Crippen LogP contribution in [-0.2, 0) is 10.1 Å². The second-order valence-corrected chi connectivity index (χ2v) is 7.58. The van der Waals surface area contributed by atoms with Gasteiger partial charge >= 0.3 is 29.6 Å². The Hall–Kier alpha value is 0.870. The molecule has 0 aliphatic rings. The number of hydrogen-bond donors (Lipinski definition) is 2. The van der Waals surface area contributed by atoms with Crippen LogP contribution in [0.4, 0.5) is 0 Å². The van der Waals surface area contributed by atoms with Crippen LogP contribution < -0.4 is 29.6 Å². The zero-order valence-electron chi connectivity index (χ0n) is 14.6. The number of rotatable bonds is 15. The van der Waals surface area contributed by atoms with E-state index in [1.54, 1.807) is 0 Å². The van der Waals surface area contributed by atoms with Gasteiger partial charge in [-0.05, 0) is 12.8 Å². The molecule has 0 heterocycles. The summed E-state index contributed by atoms with van der Waals surface area (Å²) >= 11 is 0. The summed E-state index contributed by atoms with van der Waals surface area (Å²) in [5, 5.41) is 9.12. The largest absolute Gasteiger partial charge is 1.00 e. The van der Waals surface area contributed by atoms with Gasteiger partial charge in [0.25, 0.3) is 10.1 Å². The number of aliphatic hydroxyl groups is 1. The second kappa shape index (κ2) is 16.7. The Morgan fingerprint density at radius 2 is 1.05 bits per heavy atom. The van der Waals surface area contributed by atoms with Gasteiger partial charge in [0.05, 0.1) is 0 Å². The molecule has 0 saturated carbocycles. The van der Waals surface area contributed by atoms with E-state index < -0.39 is 15.6 Å². The standard InChI is InChI=1S/C16H34O4S.Na/c1-2-3-4-5-6-7-8-9-10-11-12-13-14-15-16(17)21(18,19)20;/h16-17H,2-15H2,1H3,(H,18,19,20);/q;+1. The van der Waals surface area contributed by atoms with E-state index >= 15 is 0 Å². The first-order chi connectivity index (χ1) is 9.98. The van der Waals surface area contributed by atoms with E-state index in [4.69, 9.17) is 9.66 Å². The van der Waals surface area contributed by atoms with Gasteiger partial charge in [0.15, 0.2) is 5.44 Å². The molecule has 22 heavy (non-hydrogen) atoms. The summed E-state index contributed by atoms with van der Waals surface area (Å²) in [7, 11) is -4.26. The van der Waals surface area contributed by atoms with Gasteiger partial charge in [-0.15, -0.1) is 0 Å². The van der Waals surface area contributed by atoms with E-state index in [0.29, 0.717) is 6.42 Å². The minimum Gasteiger partial charge on any atom is -0.375 e. The van der Waals surface area contributed by atoms with Crippen LogP contribution in [0.15, 0.2) is 0 Å². The Morgan fingerprint density at radius 1 is 0.727 bits per heavy atom. The molecule has 0 aliphatic heterocycles. The van der Waals surface area contributed by atoms with Crippen molar-refractivity contribution in [1.29, 1.82) is 0 Å². The van der Waals surface area contributed by atoms with Crippen LogP contribution in [0.3, 0.4) is 0 Å². The van der Waals surface area contributed by atoms with Gasteiger partial charge in [-0.2, -0.15) is 8.42 Å². The summed E-state index contributed by atoms with van der Waals surface area (Å²) in [5.41, 5.74) is -1.61. The second-order valence-electron chi connectivity index (χ2n) is 6.00. The summed E-state index contributed by atoms with van der Waals surface area (Å²) in [6, 6.07) is 0. The first-order valence-corrected chi connectivity index (χ1v) is 10.1. The van der Waals surface area contributed by atoms with Crippen LogP contribution in [0.1, 0.15) is 96.8 Å². The van der Waals surface area contributed by atoms with Crippen molar-refractivity contribution >= 4 is 10.1 Å². The van der Waals surface area contributed by atoms with Gasteiger partial charge in [0.1, 0.15) is 0 Å². The van der Waals surface area contributed by atoms with E-state index in [9.17, 15) is 8.42 Å². The SMILES string of the molecule is CCCCCCCCCCCCCCCC(O)S(=O)(=O)O.[Na+]. The van der Waals surface area contributed by atoms with E-state index in [1.165, 1.54) is 64.2 Å². The molecule has 0 bridgehead atoms. The van der Waals surface area contributed by atoms with Crippen molar-refractivity contribution in [3.63, 3.8) is 0 Å². The van der Waals surface area contributed by atoms with Crippen molar-refractivity contribution in [2.75, 3.05) is 0 Å². The smallest absolute Gasteiger partial charge is 0.375 e. The number of unbranched alkanes of at least 4 members (excludes halogenated alkanes) is 12. The quantitative estimate of drug-likeness (QED) is 0.269. The van der Waals surface area contributed by atoms with Crippen LogP contribution in [0, 0.1) is 0 Å². The third-order valence-electron chi connectivity index (χ3n) is 3.90. The Bertz CT molecular complexity index is 320. The van der Waals surface area contributed by atoms with Gasteiger partial charge in [0.2, 0.25) is 0 Å². The van der Waals surface area contributed by atoms with Crippen molar-refractivity contribution < 1.29 is 47.6 Å². The molecule has 0 aromatic rings. The molecule has 0 fully saturated rings. The minimum atomic E-state index is -4.26. The zero-order valence-corrected chi connectivity index (χ0v) is 17.4. The molecular formula is C16H34NaO4S+. The van der Waals surface area contributed by atoms with E-state index in [-0.39, 0.29) is 36.0 Å². The fourth-order valence-electron chi connectivity index (χ4n) is 2.49. The Labute approximate surface area is 159 Å². The third kappa shape index (κ3) is 17.2. The minimum absolute atomic E-state index is 0. The van der Waals surface area contributed by atoms with Gasteiger partial charge in [-0.3, -0.25) is 4.55 Å². The summed E-state index contributed by atoms with van der Waals surface area (Å²) in [5.74, 6) is 0. The van der Waals surface area contributed by atoms with Crippen molar-refractivity contribution in [3.8, 4) is 0 Å². The van der Waals surface area contributed by atoms with E-state index in [0.717, 1.165) is 12.8 Å². The predicted molar refractivity (Wildman–Crippen MR) is 87.9 cm³/mol. The van der Waals surface area contributed by atoms with E-state index in [2.05, 4.69) is 6.92 Å². The fourth-order valence-corrected chi connectivity index (χ4v) is 2.95. The summed E-state index contributed by atoms with van der Waals surface area (Å²) in [4.78, 5) is 0. The van der Waals surface area contributed by atoms with Crippen LogP contribution in [0.2, 0.25) is 0 Å². The van der Waals surface area contributed by atoms with Gasteiger partial charge in [0, 0.05) is 0 Å². The van der Waals surface area contributed by atoms with Gasteiger partial charge < -0.3 is 5.11 Å². The molecule has 0 amide bonds. The molecule has 1 unspecified atom stereocenters. The van der Waals surface area contributed by atoms with Crippen molar-refractivity contribution in [1.82, 2.24) is 0 Å². The topological polar surface area (TPSA) is 74.6 Å². The molecule has 4 nitrogen and oxygen atoms in total. The van der Waals surface area contributed by atoms with Crippen LogP contribution >= 0.6 is 0 Å².